The Balaban J connectivity index is 1.93. The van der Waals surface area contributed by atoms with E-state index in [9.17, 15) is 0 Å². The van der Waals surface area contributed by atoms with E-state index in [-0.39, 0.29) is 0 Å². The van der Waals surface area contributed by atoms with Crippen LogP contribution in [-0.4, -0.2) is 20.2 Å². The number of aromatic nitrogens is 4. The van der Waals surface area contributed by atoms with Crippen molar-refractivity contribution in [3.05, 3.63) is 59.2 Å². The lowest BCUT2D eigenvalue weighted by Gasteiger charge is -2.07. The molecule has 0 spiro atoms. The monoisotopic (exact) mass is 279 g/mol. The van der Waals surface area contributed by atoms with Crippen LogP contribution in [0.25, 0.3) is 11.4 Å². The molecule has 0 aliphatic heterocycles. The summed E-state index contributed by atoms with van der Waals surface area (Å²) in [5.41, 5.74) is 11.1. The Morgan fingerprint density at radius 1 is 1.05 bits per heavy atom. The van der Waals surface area contributed by atoms with E-state index in [4.69, 9.17) is 5.73 Å². The number of aryl methyl sites for hydroxylation is 2. The van der Waals surface area contributed by atoms with Crippen LogP contribution in [0.5, 0.6) is 0 Å². The fraction of sp³-hybridized carbons (Fsp3) is 0.188. The molecule has 1 heterocycles. The van der Waals surface area contributed by atoms with E-state index < -0.39 is 0 Å². The maximum atomic E-state index is 5.97. The molecule has 0 saturated carbocycles. The molecule has 3 rings (SSSR count). The van der Waals surface area contributed by atoms with Crippen molar-refractivity contribution in [2.24, 2.45) is 0 Å². The third kappa shape index (κ3) is 2.76. The number of nitrogen functional groups attached to an aromatic ring is 1. The van der Waals surface area contributed by atoms with E-state index in [1.807, 2.05) is 25.1 Å². The predicted octanol–water partition coefficient (Wildman–Crippen LogP) is 2.59. The maximum absolute atomic E-state index is 5.97. The normalized spacial score (nSPS) is 10.8. The van der Waals surface area contributed by atoms with Crippen LogP contribution in [0.15, 0.2) is 42.5 Å². The first-order chi connectivity index (χ1) is 10.1. The smallest absolute Gasteiger partial charge is 0.182 e. The summed E-state index contributed by atoms with van der Waals surface area (Å²) >= 11 is 0. The van der Waals surface area contributed by atoms with Crippen molar-refractivity contribution in [1.29, 1.82) is 0 Å². The van der Waals surface area contributed by atoms with Crippen LogP contribution in [0.3, 0.4) is 0 Å². The van der Waals surface area contributed by atoms with Crippen molar-refractivity contribution < 1.29 is 0 Å². The molecule has 0 saturated heterocycles. The number of tetrazole rings is 1. The van der Waals surface area contributed by atoms with Crippen LogP contribution in [-0.2, 0) is 6.54 Å². The predicted molar refractivity (Wildman–Crippen MR) is 82.7 cm³/mol. The Hall–Kier alpha value is -2.69. The molecule has 0 radical (unpaired) electrons. The third-order valence-electron chi connectivity index (χ3n) is 3.52. The molecule has 0 amide bonds. The largest absolute Gasteiger partial charge is 0.398 e. The second kappa shape index (κ2) is 5.36. The number of hydrogen-bond acceptors (Lipinski definition) is 4. The molecule has 0 unspecified atom stereocenters. The number of anilines is 1. The first-order valence-corrected chi connectivity index (χ1v) is 6.82. The van der Waals surface area contributed by atoms with Gasteiger partial charge in [-0.05, 0) is 41.5 Å². The summed E-state index contributed by atoms with van der Waals surface area (Å²) in [5, 5.41) is 12.0. The zero-order valence-corrected chi connectivity index (χ0v) is 12.1. The van der Waals surface area contributed by atoms with Crippen molar-refractivity contribution in [2.45, 2.75) is 20.4 Å². The quantitative estimate of drug-likeness (QED) is 0.748. The van der Waals surface area contributed by atoms with E-state index in [0.29, 0.717) is 6.54 Å². The summed E-state index contributed by atoms with van der Waals surface area (Å²) in [6.07, 6.45) is 0. The molecule has 1 aromatic heterocycles. The molecule has 0 fully saturated rings. The number of hydrogen-bond donors (Lipinski definition) is 1. The second-order valence-electron chi connectivity index (χ2n) is 5.22. The van der Waals surface area contributed by atoms with Crippen LogP contribution in [0, 0.1) is 13.8 Å². The first kappa shape index (κ1) is 13.3. The standard InChI is InChI=1S/C16H17N5/c1-11-3-6-13(7-4-11)10-21-16(18-19-20-21)14-8-5-12(2)15(17)9-14/h3-9H,10,17H2,1-2H3. The van der Waals surface area contributed by atoms with Gasteiger partial charge in [0.1, 0.15) is 0 Å². The average molecular weight is 279 g/mol. The molecule has 21 heavy (non-hydrogen) atoms. The van der Waals surface area contributed by atoms with Crippen LogP contribution in [0.2, 0.25) is 0 Å². The molecule has 2 N–H and O–H groups in total. The van der Waals surface area contributed by atoms with Crippen molar-refractivity contribution in [1.82, 2.24) is 20.2 Å². The van der Waals surface area contributed by atoms with Crippen molar-refractivity contribution in [3.8, 4) is 11.4 Å². The van der Waals surface area contributed by atoms with Gasteiger partial charge < -0.3 is 5.73 Å². The molecule has 5 heteroatoms. The Morgan fingerprint density at radius 3 is 2.52 bits per heavy atom. The third-order valence-corrected chi connectivity index (χ3v) is 3.52. The van der Waals surface area contributed by atoms with E-state index in [0.717, 1.165) is 28.2 Å². The van der Waals surface area contributed by atoms with Gasteiger partial charge in [-0.15, -0.1) is 5.10 Å². The van der Waals surface area contributed by atoms with E-state index >= 15 is 0 Å². The molecule has 2 aromatic carbocycles. The summed E-state index contributed by atoms with van der Waals surface area (Å²) in [4.78, 5) is 0. The highest BCUT2D eigenvalue weighted by Crippen LogP contribution is 2.21. The second-order valence-corrected chi connectivity index (χ2v) is 5.22. The van der Waals surface area contributed by atoms with E-state index in [1.165, 1.54) is 5.56 Å². The summed E-state index contributed by atoms with van der Waals surface area (Å²) < 4.78 is 1.79. The highest BCUT2D eigenvalue weighted by Gasteiger charge is 2.10. The topological polar surface area (TPSA) is 69.6 Å². The lowest BCUT2D eigenvalue weighted by molar-refractivity contribution is 0.653. The molecular formula is C16H17N5. The lowest BCUT2D eigenvalue weighted by Crippen LogP contribution is -2.04. The van der Waals surface area contributed by atoms with Gasteiger partial charge in [-0.3, -0.25) is 0 Å². The summed E-state index contributed by atoms with van der Waals surface area (Å²) in [6, 6.07) is 14.2. The Labute approximate surface area is 123 Å². The van der Waals surface area contributed by atoms with Crippen LogP contribution < -0.4 is 5.73 Å². The molecule has 0 bridgehead atoms. The molecule has 3 aromatic rings. The number of benzene rings is 2. The Bertz CT molecular complexity index is 759. The molecule has 0 aliphatic carbocycles. The van der Waals surface area contributed by atoms with Gasteiger partial charge in [0.15, 0.2) is 5.82 Å². The fourth-order valence-electron chi connectivity index (χ4n) is 2.16. The highest BCUT2D eigenvalue weighted by atomic mass is 15.5. The van der Waals surface area contributed by atoms with Crippen LogP contribution in [0.4, 0.5) is 5.69 Å². The average Bonchev–Trinajstić information content (AvgIpc) is 2.92. The minimum Gasteiger partial charge on any atom is -0.398 e. The zero-order chi connectivity index (χ0) is 14.8. The van der Waals surface area contributed by atoms with Crippen molar-refractivity contribution in [3.63, 3.8) is 0 Å². The Kier molecular flexibility index (Phi) is 3.39. The highest BCUT2D eigenvalue weighted by molar-refractivity contribution is 5.63. The van der Waals surface area contributed by atoms with Gasteiger partial charge in [0.2, 0.25) is 0 Å². The van der Waals surface area contributed by atoms with Crippen LogP contribution in [0.1, 0.15) is 16.7 Å². The van der Waals surface area contributed by atoms with Crippen molar-refractivity contribution in [2.75, 3.05) is 5.73 Å². The van der Waals surface area contributed by atoms with Gasteiger partial charge >= 0.3 is 0 Å². The maximum Gasteiger partial charge on any atom is 0.182 e. The SMILES string of the molecule is Cc1ccc(Cn2nnnc2-c2ccc(C)c(N)c2)cc1. The van der Waals surface area contributed by atoms with Gasteiger partial charge in [-0.1, -0.05) is 42.0 Å². The molecular weight excluding hydrogens is 262 g/mol. The summed E-state index contributed by atoms with van der Waals surface area (Å²) in [6.45, 7) is 4.69. The first-order valence-electron chi connectivity index (χ1n) is 6.82. The fourth-order valence-corrected chi connectivity index (χ4v) is 2.16. The lowest BCUT2D eigenvalue weighted by atomic mass is 10.1. The Morgan fingerprint density at radius 2 is 1.81 bits per heavy atom. The molecule has 0 atom stereocenters. The van der Waals surface area contributed by atoms with Crippen molar-refractivity contribution >= 4 is 5.69 Å². The number of nitrogens with zero attached hydrogens (tertiary/aromatic N) is 4. The zero-order valence-electron chi connectivity index (χ0n) is 12.1. The van der Waals surface area contributed by atoms with Crippen LogP contribution >= 0.6 is 0 Å². The summed E-state index contributed by atoms with van der Waals surface area (Å²) in [5.74, 6) is 0.724. The van der Waals surface area contributed by atoms with Gasteiger partial charge in [-0.2, -0.15) is 0 Å². The molecule has 106 valence electrons. The van der Waals surface area contributed by atoms with Gasteiger partial charge in [-0.25, -0.2) is 4.68 Å². The molecule has 5 nitrogen and oxygen atoms in total. The van der Waals surface area contributed by atoms with E-state index in [2.05, 4.69) is 46.7 Å². The van der Waals surface area contributed by atoms with Gasteiger partial charge in [0.05, 0.1) is 6.54 Å². The summed E-state index contributed by atoms with van der Waals surface area (Å²) in [7, 11) is 0. The number of rotatable bonds is 3. The van der Waals surface area contributed by atoms with Gasteiger partial charge in [0.25, 0.3) is 0 Å². The van der Waals surface area contributed by atoms with E-state index in [1.54, 1.807) is 4.68 Å². The minimum atomic E-state index is 0.635. The molecule has 0 aliphatic rings. The van der Waals surface area contributed by atoms with Gasteiger partial charge in [0, 0.05) is 11.3 Å². The minimum absolute atomic E-state index is 0.635. The number of nitrogens with two attached hydrogens (primary N) is 1.